The largest absolute Gasteiger partial charge is 0.457 e. The number of anilines is 6. The zero-order chi connectivity index (χ0) is 58.3. The molecule has 1 aliphatic heterocycles. The first-order chi connectivity index (χ1) is 44.1. The molecule has 4 heterocycles. The van der Waals surface area contributed by atoms with Crippen LogP contribution in [0.4, 0.5) is 34.1 Å². The molecular formula is C83H50N2O3S. The fourth-order valence-corrected chi connectivity index (χ4v) is 16.0. The quantitative estimate of drug-likeness (QED) is 0.152. The molecule has 6 heteroatoms. The molecule has 0 saturated heterocycles. The molecule has 2 aliphatic rings. The molecule has 3 aromatic heterocycles. The van der Waals surface area contributed by atoms with Gasteiger partial charge in [-0.1, -0.05) is 194 Å². The lowest BCUT2D eigenvalue weighted by Crippen LogP contribution is -2.32. The summed E-state index contributed by atoms with van der Waals surface area (Å²) >= 11 is 1.85. The van der Waals surface area contributed by atoms with Crippen LogP contribution in [0.25, 0.3) is 108 Å². The summed E-state index contributed by atoms with van der Waals surface area (Å²) in [4.78, 5) is 4.81. The van der Waals surface area contributed by atoms with Crippen molar-refractivity contribution in [3.05, 3.63) is 326 Å². The van der Waals surface area contributed by atoms with Crippen LogP contribution in [0.15, 0.2) is 312 Å². The fourth-order valence-electron chi connectivity index (χ4n) is 14.9. The van der Waals surface area contributed by atoms with Gasteiger partial charge in [0.2, 0.25) is 0 Å². The van der Waals surface area contributed by atoms with E-state index in [9.17, 15) is 0 Å². The first kappa shape index (κ1) is 49.8. The number of thiophene rings is 1. The van der Waals surface area contributed by atoms with Gasteiger partial charge in [-0.3, -0.25) is 0 Å². The molecule has 5 nitrogen and oxygen atoms in total. The number of hydrogen-bond donors (Lipinski definition) is 0. The summed E-state index contributed by atoms with van der Waals surface area (Å²) in [6.07, 6.45) is 0. The number of fused-ring (bicyclic) bond motifs is 19. The SMILES string of the molecule is c1ccc(-c2cc(N(c3ccccc3)c3ccc4c(c3)C3(c5ccccc5Oc5cc(N(c6ccccc6)c6cc(-c7cccc8cc9c(cc78)sc7ccccc79)cc7oc8ccccc8c67)ccc53)c3ccccc3-4)cc3c2oc2ccccc23)cc1. The summed E-state index contributed by atoms with van der Waals surface area (Å²) < 4.78 is 23.6. The second-order valence-electron chi connectivity index (χ2n) is 23.4. The van der Waals surface area contributed by atoms with Crippen molar-refractivity contribution in [3.8, 4) is 44.9 Å². The summed E-state index contributed by atoms with van der Waals surface area (Å²) in [6.45, 7) is 0. The number of para-hydroxylation sites is 5. The van der Waals surface area contributed by atoms with Crippen LogP contribution in [0.3, 0.4) is 0 Å². The molecule has 17 aromatic rings. The number of ether oxygens (including phenoxy) is 1. The van der Waals surface area contributed by atoms with Crippen molar-refractivity contribution in [1.29, 1.82) is 0 Å². The Balaban J connectivity index is 0.830. The summed E-state index contributed by atoms with van der Waals surface area (Å²) in [6, 6.07) is 110. The van der Waals surface area contributed by atoms with Gasteiger partial charge in [0.15, 0.2) is 0 Å². The van der Waals surface area contributed by atoms with Crippen LogP contribution in [0.2, 0.25) is 0 Å². The molecule has 0 amide bonds. The highest BCUT2D eigenvalue weighted by Crippen LogP contribution is 2.64. The van der Waals surface area contributed by atoms with E-state index in [1.807, 2.05) is 17.4 Å². The lowest BCUT2D eigenvalue weighted by atomic mass is 9.66. The molecule has 0 saturated carbocycles. The Morgan fingerprint density at radius 1 is 0.292 bits per heavy atom. The Labute approximate surface area is 516 Å². The summed E-state index contributed by atoms with van der Waals surface area (Å²) in [5.74, 6) is 1.60. The highest BCUT2D eigenvalue weighted by atomic mass is 32.1. The zero-order valence-corrected chi connectivity index (χ0v) is 48.7. The van der Waals surface area contributed by atoms with Gasteiger partial charge in [0.1, 0.15) is 33.8 Å². The number of nitrogens with zero attached hydrogens (tertiary/aromatic N) is 2. The fraction of sp³-hybridized carbons (Fsp3) is 0.0120. The van der Waals surface area contributed by atoms with Crippen molar-refractivity contribution in [3.63, 3.8) is 0 Å². The van der Waals surface area contributed by atoms with Gasteiger partial charge in [-0.2, -0.15) is 0 Å². The number of hydrogen-bond acceptors (Lipinski definition) is 6. The van der Waals surface area contributed by atoms with E-state index in [-0.39, 0.29) is 0 Å². The van der Waals surface area contributed by atoms with Crippen LogP contribution in [0.1, 0.15) is 22.3 Å². The lowest BCUT2D eigenvalue weighted by Gasteiger charge is -2.40. The Bertz CT molecular complexity index is 5750. The van der Waals surface area contributed by atoms with Gasteiger partial charge in [-0.15, -0.1) is 11.3 Å². The van der Waals surface area contributed by atoms with Crippen LogP contribution >= 0.6 is 11.3 Å². The van der Waals surface area contributed by atoms with Gasteiger partial charge < -0.3 is 23.4 Å². The first-order valence-corrected chi connectivity index (χ1v) is 31.1. The molecule has 1 unspecified atom stereocenters. The predicted octanol–water partition coefficient (Wildman–Crippen LogP) is 23.7. The second-order valence-corrected chi connectivity index (χ2v) is 24.5. The molecule has 0 bridgehead atoms. The second kappa shape index (κ2) is 19.3. The predicted molar refractivity (Wildman–Crippen MR) is 369 cm³/mol. The minimum atomic E-state index is -0.785. The van der Waals surface area contributed by atoms with Crippen LogP contribution in [0, 0.1) is 0 Å². The van der Waals surface area contributed by atoms with E-state index in [4.69, 9.17) is 13.6 Å². The molecule has 14 aromatic carbocycles. The van der Waals surface area contributed by atoms with Gasteiger partial charge in [0.25, 0.3) is 0 Å². The van der Waals surface area contributed by atoms with E-state index < -0.39 is 5.41 Å². The van der Waals surface area contributed by atoms with E-state index in [0.717, 1.165) is 123 Å². The van der Waals surface area contributed by atoms with E-state index in [0.29, 0.717) is 0 Å². The van der Waals surface area contributed by atoms with Crippen molar-refractivity contribution in [2.24, 2.45) is 0 Å². The minimum Gasteiger partial charge on any atom is -0.457 e. The van der Waals surface area contributed by atoms with Crippen molar-refractivity contribution >= 4 is 120 Å². The molecule has 19 rings (SSSR count). The Morgan fingerprint density at radius 3 is 1.76 bits per heavy atom. The van der Waals surface area contributed by atoms with Crippen molar-refractivity contribution in [2.75, 3.05) is 9.80 Å². The average Bonchev–Trinajstić information content (AvgIpc) is 1.62. The monoisotopic (exact) mass is 1150 g/mol. The third kappa shape index (κ3) is 7.42. The van der Waals surface area contributed by atoms with E-state index in [2.05, 4.69) is 307 Å². The van der Waals surface area contributed by atoms with Gasteiger partial charge >= 0.3 is 0 Å². The third-order valence-corrected chi connectivity index (χ3v) is 19.8. The first-order valence-electron chi connectivity index (χ1n) is 30.3. The third-order valence-electron chi connectivity index (χ3n) is 18.6. The maximum absolute atomic E-state index is 7.37. The van der Waals surface area contributed by atoms with E-state index >= 15 is 0 Å². The van der Waals surface area contributed by atoms with Crippen LogP contribution in [-0.4, -0.2) is 0 Å². The van der Waals surface area contributed by atoms with Gasteiger partial charge in [-0.25, -0.2) is 0 Å². The van der Waals surface area contributed by atoms with E-state index in [1.54, 1.807) is 0 Å². The summed E-state index contributed by atoms with van der Waals surface area (Å²) in [5, 5.41) is 9.19. The van der Waals surface area contributed by atoms with E-state index in [1.165, 1.54) is 53.2 Å². The molecule has 1 atom stereocenters. The molecule has 1 spiro atoms. The highest BCUT2D eigenvalue weighted by Gasteiger charge is 2.51. The Kier molecular flexibility index (Phi) is 10.8. The number of furan rings is 2. The molecule has 0 fully saturated rings. The molecular weight excluding hydrogens is 1100 g/mol. The average molecular weight is 1160 g/mol. The van der Waals surface area contributed by atoms with Crippen molar-refractivity contribution in [2.45, 2.75) is 5.41 Å². The zero-order valence-electron chi connectivity index (χ0n) is 47.9. The maximum Gasteiger partial charge on any atom is 0.143 e. The maximum atomic E-state index is 7.37. The Hall–Kier alpha value is -11.4. The van der Waals surface area contributed by atoms with Gasteiger partial charge in [-0.05, 0) is 153 Å². The van der Waals surface area contributed by atoms with Crippen molar-refractivity contribution in [1.82, 2.24) is 0 Å². The molecule has 416 valence electrons. The van der Waals surface area contributed by atoms with Crippen LogP contribution in [-0.2, 0) is 5.41 Å². The van der Waals surface area contributed by atoms with Gasteiger partial charge in [0.05, 0.1) is 16.5 Å². The standard InChI is InChI=1S/C83H50N2O3S/c1-4-21-51(22-5-1)66-46-58(47-68-62-29-11-16-35-74(62)88-82(66)68)84(54-24-6-2-7-25-54)56-39-41-61-60-28-10-14-33-69(60)83(72(61)48-56)70-34-15-18-37-76(70)87-77-49-57(40-42-71(77)83)85(55-26-8-3-9-27-55)73-44-53(45-78-81(73)64-31-12-17-36-75(64)86-78)59-32-20-23-52-43-67-63-30-13-19-38-79(63)89-80(67)50-65(52)59/h1-50H. The highest BCUT2D eigenvalue weighted by molar-refractivity contribution is 7.25. The van der Waals surface area contributed by atoms with Crippen molar-refractivity contribution < 1.29 is 13.6 Å². The molecule has 0 radical (unpaired) electrons. The number of benzene rings is 14. The van der Waals surface area contributed by atoms with Gasteiger partial charge in [0, 0.05) is 87.5 Å². The molecule has 1 aliphatic carbocycles. The van der Waals surface area contributed by atoms with Crippen LogP contribution in [0.5, 0.6) is 11.5 Å². The van der Waals surface area contributed by atoms with Crippen LogP contribution < -0.4 is 14.5 Å². The summed E-state index contributed by atoms with van der Waals surface area (Å²) in [7, 11) is 0. The number of rotatable bonds is 8. The summed E-state index contributed by atoms with van der Waals surface area (Å²) in [5.41, 5.74) is 19.9. The smallest absolute Gasteiger partial charge is 0.143 e. The molecule has 0 N–H and O–H groups in total. The molecule has 89 heavy (non-hydrogen) atoms. The minimum absolute atomic E-state index is 0.783. The topological polar surface area (TPSA) is 42.0 Å². The lowest BCUT2D eigenvalue weighted by molar-refractivity contribution is 0.436. The Morgan fingerprint density at radius 2 is 0.933 bits per heavy atom. The normalized spacial score (nSPS) is 14.0.